The predicted molar refractivity (Wildman–Crippen MR) is 103 cm³/mol. The van der Waals surface area contributed by atoms with Gasteiger partial charge in [0.1, 0.15) is 0 Å². The average Bonchev–Trinajstić information content (AvgIpc) is 2.61. The molecule has 0 amide bonds. The van der Waals surface area contributed by atoms with Gasteiger partial charge < -0.3 is 37.9 Å². The first-order valence-corrected chi connectivity index (χ1v) is 9.47. The van der Waals surface area contributed by atoms with Crippen LogP contribution in [0, 0.1) is 0 Å². The summed E-state index contributed by atoms with van der Waals surface area (Å²) in [5, 5.41) is 0. The molecule has 0 aliphatic carbocycles. The van der Waals surface area contributed by atoms with Crippen LogP contribution in [0.1, 0.15) is 40.5 Å². The van der Waals surface area contributed by atoms with Crippen LogP contribution in [0.3, 0.4) is 0 Å². The van der Waals surface area contributed by atoms with Gasteiger partial charge in [0.15, 0.2) is 0 Å². The molecule has 0 aliphatic heterocycles. The van der Waals surface area contributed by atoms with Crippen molar-refractivity contribution in [2.45, 2.75) is 51.7 Å². The first-order valence-electron chi connectivity index (χ1n) is 9.47. The standard InChI is InChI=1S/C19H36O10/c1-18(2,28-13-11-22-5)7-9-24-16(20)26-15-27-17(21)25-10-8-19(3,4)29-14-12-23-6/h7-15H2,1-6H3. The van der Waals surface area contributed by atoms with Crippen molar-refractivity contribution in [2.24, 2.45) is 0 Å². The van der Waals surface area contributed by atoms with Crippen molar-refractivity contribution in [2.75, 3.05) is 60.7 Å². The summed E-state index contributed by atoms with van der Waals surface area (Å²) in [4.78, 5) is 23.0. The van der Waals surface area contributed by atoms with Crippen LogP contribution in [0.4, 0.5) is 9.59 Å². The SMILES string of the molecule is COCCOC(C)(C)CCOC(=O)OCOC(=O)OCCC(C)(C)OCCOC. The molecule has 0 fully saturated rings. The molecule has 0 spiro atoms. The molecular formula is C19H36O10. The molecule has 0 aromatic rings. The summed E-state index contributed by atoms with van der Waals surface area (Å²) < 4.78 is 40.1. The van der Waals surface area contributed by atoms with Crippen LogP contribution in [0.15, 0.2) is 0 Å². The molecule has 0 saturated carbocycles. The number of methoxy groups -OCH3 is 2. The van der Waals surface area contributed by atoms with E-state index in [-0.39, 0.29) is 13.2 Å². The Labute approximate surface area is 173 Å². The largest absolute Gasteiger partial charge is 0.511 e. The molecule has 0 atom stereocenters. The molecule has 0 aromatic carbocycles. The second kappa shape index (κ2) is 15.3. The molecule has 0 bridgehead atoms. The van der Waals surface area contributed by atoms with Crippen molar-refractivity contribution in [1.82, 2.24) is 0 Å². The molecule has 0 heterocycles. The van der Waals surface area contributed by atoms with E-state index in [9.17, 15) is 9.59 Å². The van der Waals surface area contributed by atoms with Crippen LogP contribution in [-0.4, -0.2) is 84.2 Å². The van der Waals surface area contributed by atoms with E-state index < -0.39 is 30.3 Å². The number of ether oxygens (including phenoxy) is 8. The Hall–Kier alpha value is -1.62. The molecule has 0 aromatic heterocycles. The molecule has 10 heteroatoms. The van der Waals surface area contributed by atoms with Crippen LogP contribution < -0.4 is 0 Å². The zero-order valence-corrected chi connectivity index (χ0v) is 18.4. The predicted octanol–water partition coefficient (Wildman–Crippen LogP) is 2.91. The first kappa shape index (κ1) is 27.4. The Morgan fingerprint density at radius 1 is 0.586 bits per heavy atom. The maximum absolute atomic E-state index is 11.5. The number of hydrogen-bond acceptors (Lipinski definition) is 10. The quantitative estimate of drug-likeness (QED) is 0.208. The van der Waals surface area contributed by atoms with Crippen molar-refractivity contribution in [3.8, 4) is 0 Å². The molecule has 0 saturated heterocycles. The van der Waals surface area contributed by atoms with Gasteiger partial charge in [-0.2, -0.15) is 0 Å². The van der Waals surface area contributed by atoms with E-state index in [1.165, 1.54) is 0 Å². The Morgan fingerprint density at radius 2 is 0.966 bits per heavy atom. The summed E-state index contributed by atoms with van der Waals surface area (Å²) >= 11 is 0. The zero-order chi connectivity index (χ0) is 22.2. The van der Waals surface area contributed by atoms with Crippen LogP contribution in [0.2, 0.25) is 0 Å². The van der Waals surface area contributed by atoms with Gasteiger partial charge in [0, 0.05) is 27.1 Å². The summed E-state index contributed by atoms with van der Waals surface area (Å²) in [7, 11) is 3.18. The minimum atomic E-state index is -0.946. The first-order chi connectivity index (χ1) is 13.6. The van der Waals surface area contributed by atoms with Gasteiger partial charge in [0.25, 0.3) is 0 Å². The highest BCUT2D eigenvalue weighted by molar-refractivity contribution is 5.61. The van der Waals surface area contributed by atoms with Gasteiger partial charge in [-0.25, -0.2) is 9.59 Å². The highest BCUT2D eigenvalue weighted by atomic mass is 16.8. The van der Waals surface area contributed by atoms with E-state index in [1.54, 1.807) is 14.2 Å². The number of hydrogen-bond donors (Lipinski definition) is 0. The van der Waals surface area contributed by atoms with Crippen molar-refractivity contribution in [1.29, 1.82) is 0 Å². The Balaban J connectivity index is 3.79. The Bertz CT molecular complexity index is 410. The molecule has 29 heavy (non-hydrogen) atoms. The van der Waals surface area contributed by atoms with Gasteiger partial charge in [-0.15, -0.1) is 0 Å². The van der Waals surface area contributed by atoms with Crippen molar-refractivity contribution in [3.05, 3.63) is 0 Å². The highest BCUT2D eigenvalue weighted by Crippen LogP contribution is 2.15. The highest BCUT2D eigenvalue weighted by Gasteiger charge is 2.20. The van der Waals surface area contributed by atoms with E-state index in [0.29, 0.717) is 39.3 Å². The van der Waals surface area contributed by atoms with E-state index in [2.05, 4.69) is 9.47 Å². The molecule has 0 rings (SSSR count). The molecule has 10 nitrogen and oxygen atoms in total. The van der Waals surface area contributed by atoms with Crippen molar-refractivity contribution >= 4 is 12.3 Å². The van der Waals surface area contributed by atoms with Gasteiger partial charge in [0.05, 0.1) is 50.8 Å². The fraction of sp³-hybridized carbons (Fsp3) is 0.895. The van der Waals surface area contributed by atoms with E-state index >= 15 is 0 Å². The lowest BCUT2D eigenvalue weighted by atomic mass is 10.1. The monoisotopic (exact) mass is 424 g/mol. The van der Waals surface area contributed by atoms with Crippen molar-refractivity contribution in [3.63, 3.8) is 0 Å². The fourth-order valence-corrected chi connectivity index (χ4v) is 1.92. The van der Waals surface area contributed by atoms with E-state index in [4.69, 9.17) is 28.4 Å². The average molecular weight is 424 g/mol. The van der Waals surface area contributed by atoms with Crippen molar-refractivity contribution < 1.29 is 47.5 Å². The van der Waals surface area contributed by atoms with Crippen LogP contribution in [0.5, 0.6) is 0 Å². The number of carbonyl (C=O) groups excluding carboxylic acids is 2. The Morgan fingerprint density at radius 3 is 1.31 bits per heavy atom. The topological polar surface area (TPSA) is 108 Å². The maximum Gasteiger partial charge on any atom is 0.511 e. The lowest BCUT2D eigenvalue weighted by Gasteiger charge is -2.25. The summed E-state index contributed by atoms with van der Waals surface area (Å²) in [6.45, 7) is 8.96. The lowest BCUT2D eigenvalue weighted by molar-refractivity contribution is -0.0685. The number of rotatable bonds is 16. The van der Waals surface area contributed by atoms with Gasteiger partial charge in [-0.1, -0.05) is 0 Å². The zero-order valence-electron chi connectivity index (χ0n) is 18.4. The molecular weight excluding hydrogens is 388 g/mol. The molecule has 0 radical (unpaired) electrons. The summed E-state index contributed by atoms with van der Waals surface area (Å²) in [5.74, 6) is 0. The van der Waals surface area contributed by atoms with Gasteiger partial charge in [0.2, 0.25) is 6.79 Å². The molecule has 0 unspecified atom stereocenters. The third kappa shape index (κ3) is 17.0. The van der Waals surface area contributed by atoms with Crippen LogP contribution in [-0.2, 0) is 37.9 Å². The summed E-state index contributed by atoms with van der Waals surface area (Å²) in [5.41, 5.74) is -0.944. The van der Waals surface area contributed by atoms with Gasteiger partial charge in [-0.05, 0) is 27.7 Å². The minimum Gasteiger partial charge on any atom is -0.434 e. The second-order valence-corrected chi connectivity index (χ2v) is 7.31. The second-order valence-electron chi connectivity index (χ2n) is 7.31. The fourth-order valence-electron chi connectivity index (χ4n) is 1.92. The number of carbonyl (C=O) groups is 2. The Kier molecular flexibility index (Phi) is 14.4. The lowest BCUT2D eigenvalue weighted by Crippen LogP contribution is -2.29. The third-order valence-corrected chi connectivity index (χ3v) is 3.76. The van der Waals surface area contributed by atoms with Crippen LogP contribution in [0.25, 0.3) is 0 Å². The van der Waals surface area contributed by atoms with Gasteiger partial charge >= 0.3 is 12.3 Å². The summed E-state index contributed by atoms with van der Waals surface area (Å²) in [6.07, 6.45) is -0.954. The van der Waals surface area contributed by atoms with Crippen LogP contribution >= 0.6 is 0 Å². The third-order valence-electron chi connectivity index (χ3n) is 3.76. The normalized spacial score (nSPS) is 11.8. The van der Waals surface area contributed by atoms with E-state index in [0.717, 1.165) is 0 Å². The minimum absolute atomic E-state index is 0.0986. The maximum atomic E-state index is 11.5. The smallest absolute Gasteiger partial charge is 0.434 e. The molecule has 172 valence electrons. The molecule has 0 N–H and O–H groups in total. The molecule has 0 aliphatic rings. The summed E-state index contributed by atoms with van der Waals surface area (Å²) in [6, 6.07) is 0. The van der Waals surface area contributed by atoms with E-state index in [1.807, 2.05) is 27.7 Å². The van der Waals surface area contributed by atoms with Gasteiger partial charge in [-0.3, -0.25) is 0 Å².